The van der Waals surface area contributed by atoms with Gasteiger partial charge >= 0.3 is 0 Å². The lowest BCUT2D eigenvalue weighted by atomic mass is 9.94. The monoisotopic (exact) mass is 435 g/mol. The molecule has 1 atom stereocenters. The lowest BCUT2D eigenvalue weighted by Crippen LogP contribution is -2.29. The van der Waals surface area contributed by atoms with E-state index >= 15 is 0 Å². The summed E-state index contributed by atoms with van der Waals surface area (Å²) in [6.07, 6.45) is 0. The van der Waals surface area contributed by atoms with Gasteiger partial charge in [-0.25, -0.2) is 4.39 Å². The Hall–Kier alpha value is -3.44. The van der Waals surface area contributed by atoms with Crippen LogP contribution in [-0.4, -0.2) is 16.8 Å². The van der Waals surface area contributed by atoms with Crippen LogP contribution in [0.2, 0.25) is 5.02 Å². The number of aryl methyl sites for hydroxylation is 2. The maximum Gasteiger partial charge on any atom is 0.300 e. The maximum atomic E-state index is 13.5. The normalized spacial score (nSPS) is 17.9. The molecule has 1 saturated heterocycles. The van der Waals surface area contributed by atoms with E-state index in [4.69, 9.17) is 11.6 Å². The number of carbonyl (C=O) groups is 2. The number of ketones is 1. The number of halogens is 2. The quantitative estimate of drug-likeness (QED) is 0.325. The average Bonchev–Trinajstić information content (AvgIpc) is 3.01. The second-order valence-corrected chi connectivity index (χ2v) is 7.93. The van der Waals surface area contributed by atoms with Gasteiger partial charge in [-0.1, -0.05) is 35.9 Å². The number of Topliss-reactive ketones (excluding diaryl/α,β-unsaturated/α-hetero) is 1. The summed E-state index contributed by atoms with van der Waals surface area (Å²) in [4.78, 5) is 27.4. The molecule has 6 heteroatoms. The van der Waals surface area contributed by atoms with Crippen LogP contribution in [0.25, 0.3) is 5.76 Å². The largest absolute Gasteiger partial charge is 0.507 e. The number of nitrogens with zero attached hydrogens (tertiary/aromatic N) is 1. The number of carbonyl (C=O) groups excluding carboxylic acids is 2. The summed E-state index contributed by atoms with van der Waals surface area (Å²) in [6.45, 7) is 3.85. The molecule has 0 radical (unpaired) electrons. The Labute approximate surface area is 184 Å². The van der Waals surface area contributed by atoms with E-state index in [9.17, 15) is 19.1 Å². The molecule has 1 aliphatic rings. The molecular formula is C25H19ClFNO3. The number of hydrogen-bond donors (Lipinski definition) is 1. The van der Waals surface area contributed by atoms with Crippen LogP contribution in [0.5, 0.6) is 0 Å². The van der Waals surface area contributed by atoms with Crippen LogP contribution in [0.15, 0.2) is 72.3 Å². The molecule has 1 amide bonds. The Morgan fingerprint density at radius 2 is 1.58 bits per heavy atom. The van der Waals surface area contributed by atoms with E-state index in [1.54, 1.807) is 36.4 Å². The van der Waals surface area contributed by atoms with Crippen LogP contribution in [0.1, 0.15) is 28.3 Å². The lowest BCUT2D eigenvalue weighted by molar-refractivity contribution is -0.132. The van der Waals surface area contributed by atoms with Crippen molar-refractivity contribution < 1.29 is 19.1 Å². The Bertz CT molecular complexity index is 1220. The van der Waals surface area contributed by atoms with Gasteiger partial charge in [0, 0.05) is 16.3 Å². The lowest BCUT2D eigenvalue weighted by Gasteiger charge is -2.25. The summed E-state index contributed by atoms with van der Waals surface area (Å²) in [5, 5.41) is 11.6. The third-order valence-electron chi connectivity index (χ3n) is 5.52. The molecule has 4 rings (SSSR count). The topological polar surface area (TPSA) is 57.6 Å². The number of aliphatic hydroxyl groups excluding tert-OH is 1. The van der Waals surface area contributed by atoms with Gasteiger partial charge in [-0.05, 0) is 73.0 Å². The van der Waals surface area contributed by atoms with Crippen molar-refractivity contribution in [1.29, 1.82) is 0 Å². The van der Waals surface area contributed by atoms with Crippen LogP contribution in [0.4, 0.5) is 10.1 Å². The third-order valence-corrected chi connectivity index (χ3v) is 5.77. The molecule has 0 aromatic heterocycles. The molecule has 1 heterocycles. The molecular weight excluding hydrogens is 417 g/mol. The number of benzene rings is 3. The smallest absolute Gasteiger partial charge is 0.300 e. The number of rotatable bonds is 3. The molecule has 1 N–H and O–H groups in total. The molecule has 0 spiro atoms. The number of amides is 1. The zero-order valence-electron chi connectivity index (χ0n) is 16.9. The van der Waals surface area contributed by atoms with Gasteiger partial charge in [-0.2, -0.15) is 0 Å². The van der Waals surface area contributed by atoms with E-state index in [2.05, 4.69) is 0 Å². The van der Waals surface area contributed by atoms with E-state index in [0.717, 1.165) is 11.1 Å². The molecule has 31 heavy (non-hydrogen) atoms. The van der Waals surface area contributed by atoms with Crippen molar-refractivity contribution >= 4 is 34.7 Å². The summed E-state index contributed by atoms with van der Waals surface area (Å²) in [5.74, 6) is -2.32. The zero-order chi connectivity index (χ0) is 22.3. The highest BCUT2D eigenvalue weighted by Gasteiger charge is 2.46. The summed E-state index contributed by atoms with van der Waals surface area (Å²) in [5.41, 5.74) is 3.34. The first kappa shape index (κ1) is 20.8. The van der Waals surface area contributed by atoms with E-state index in [-0.39, 0.29) is 11.3 Å². The number of anilines is 1. The van der Waals surface area contributed by atoms with E-state index in [1.165, 1.54) is 29.2 Å². The summed E-state index contributed by atoms with van der Waals surface area (Å²) >= 11 is 6.02. The molecule has 3 aromatic rings. The minimum absolute atomic E-state index is 0.0279. The van der Waals surface area contributed by atoms with Crippen molar-refractivity contribution in [3.63, 3.8) is 0 Å². The fourth-order valence-electron chi connectivity index (χ4n) is 3.71. The molecule has 3 aromatic carbocycles. The van der Waals surface area contributed by atoms with Gasteiger partial charge in [0.15, 0.2) is 0 Å². The van der Waals surface area contributed by atoms with Gasteiger partial charge in [0.1, 0.15) is 11.6 Å². The number of aliphatic hydroxyl groups is 1. The SMILES string of the molecule is Cc1ccc(/C(O)=C2/C(=O)C(=O)N(c3ccc(F)cc3)C2c2ccc(Cl)cc2)cc1C. The Kier molecular flexibility index (Phi) is 5.38. The zero-order valence-corrected chi connectivity index (χ0v) is 17.7. The van der Waals surface area contributed by atoms with Crippen molar-refractivity contribution in [2.75, 3.05) is 4.90 Å². The second-order valence-electron chi connectivity index (χ2n) is 7.50. The van der Waals surface area contributed by atoms with Crippen LogP contribution >= 0.6 is 11.6 Å². The highest BCUT2D eigenvalue weighted by Crippen LogP contribution is 2.42. The third kappa shape index (κ3) is 3.73. The predicted molar refractivity (Wildman–Crippen MR) is 119 cm³/mol. The van der Waals surface area contributed by atoms with Crippen LogP contribution in [0.3, 0.4) is 0 Å². The highest BCUT2D eigenvalue weighted by molar-refractivity contribution is 6.51. The second kappa shape index (κ2) is 8.00. The van der Waals surface area contributed by atoms with Gasteiger partial charge in [0.2, 0.25) is 0 Å². The van der Waals surface area contributed by atoms with Gasteiger partial charge < -0.3 is 5.11 Å². The Morgan fingerprint density at radius 1 is 0.935 bits per heavy atom. The fourth-order valence-corrected chi connectivity index (χ4v) is 3.83. The first-order chi connectivity index (χ1) is 14.8. The standard InChI is InChI=1S/C25H19ClFNO3/c1-14-3-4-17(13-15(14)2)23(29)21-22(16-5-7-18(26)8-6-16)28(25(31)24(21)30)20-11-9-19(27)10-12-20/h3-13,22,29H,1-2H3/b23-21-. The van der Waals surface area contributed by atoms with Crippen LogP contribution in [0, 0.1) is 19.7 Å². The fraction of sp³-hybridized carbons (Fsp3) is 0.120. The van der Waals surface area contributed by atoms with E-state index in [0.29, 0.717) is 21.8 Å². The summed E-state index contributed by atoms with van der Waals surface area (Å²) in [7, 11) is 0. The highest BCUT2D eigenvalue weighted by atomic mass is 35.5. The van der Waals surface area contributed by atoms with Gasteiger partial charge in [0.25, 0.3) is 11.7 Å². The molecule has 0 bridgehead atoms. The summed E-state index contributed by atoms with van der Waals surface area (Å²) in [6, 6.07) is 16.4. The number of hydrogen-bond acceptors (Lipinski definition) is 3. The van der Waals surface area contributed by atoms with E-state index < -0.39 is 23.5 Å². The molecule has 4 nitrogen and oxygen atoms in total. The Balaban J connectivity index is 1.94. The molecule has 156 valence electrons. The average molecular weight is 436 g/mol. The maximum absolute atomic E-state index is 13.5. The molecule has 1 unspecified atom stereocenters. The van der Waals surface area contributed by atoms with Crippen LogP contribution in [-0.2, 0) is 9.59 Å². The van der Waals surface area contributed by atoms with Crippen molar-refractivity contribution in [1.82, 2.24) is 0 Å². The van der Waals surface area contributed by atoms with Crippen LogP contribution < -0.4 is 4.90 Å². The van der Waals surface area contributed by atoms with Gasteiger partial charge in [-0.3, -0.25) is 14.5 Å². The first-order valence-corrected chi connectivity index (χ1v) is 10.1. The van der Waals surface area contributed by atoms with Crippen molar-refractivity contribution in [3.8, 4) is 0 Å². The minimum Gasteiger partial charge on any atom is -0.507 e. The van der Waals surface area contributed by atoms with Crippen molar-refractivity contribution in [2.24, 2.45) is 0 Å². The van der Waals surface area contributed by atoms with Crippen molar-refractivity contribution in [2.45, 2.75) is 19.9 Å². The van der Waals surface area contributed by atoms with Gasteiger partial charge in [0.05, 0.1) is 11.6 Å². The predicted octanol–water partition coefficient (Wildman–Crippen LogP) is 5.72. The Morgan fingerprint density at radius 3 is 2.19 bits per heavy atom. The molecule has 0 saturated carbocycles. The minimum atomic E-state index is -0.885. The molecule has 1 aliphatic heterocycles. The first-order valence-electron chi connectivity index (χ1n) is 9.67. The van der Waals surface area contributed by atoms with Gasteiger partial charge in [-0.15, -0.1) is 0 Å². The molecule has 1 fully saturated rings. The summed E-state index contributed by atoms with van der Waals surface area (Å²) < 4.78 is 13.5. The van der Waals surface area contributed by atoms with Crippen molar-refractivity contribution in [3.05, 3.63) is 105 Å². The van der Waals surface area contributed by atoms with E-state index in [1.807, 2.05) is 19.9 Å². The molecule has 0 aliphatic carbocycles.